The molecule has 1 aromatic rings. The van der Waals surface area contributed by atoms with Gasteiger partial charge in [0.2, 0.25) is 0 Å². The van der Waals surface area contributed by atoms with Crippen molar-refractivity contribution in [2.45, 2.75) is 6.23 Å². The van der Waals surface area contributed by atoms with Gasteiger partial charge in [-0.3, -0.25) is 5.32 Å². The number of benzene rings is 1. The standard InChI is InChI=1S/C12H16N2O5/c15-11(13-4-6-19-7-5-14-18)9-2-1-3-10(8-9)12(16)17/h1-3,8,11,13,15H,4-7H2,(H,16,17). The van der Waals surface area contributed by atoms with Gasteiger partial charge in [-0.1, -0.05) is 17.3 Å². The Morgan fingerprint density at radius 2 is 2.21 bits per heavy atom. The molecule has 0 amide bonds. The SMILES string of the molecule is O=NCCOCCNC(O)c1cccc(C(=O)O)c1. The summed E-state index contributed by atoms with van der Waals surface area (Å²) >= 11 is 0. The number of aliphatic hydroxyl groups is 1. The van der Waals surface area contributed by atoms with Gasteiger partial charge in [-0.05, 0) is 17.7 Å². The van der Waals surface area contributed by atoms with Crippen LogP contribution in [-0.2, 0) is 4.74 Å². The molecular weight excluding hydrogens is 252 g/mol. The number of nitrogens with one attached hydrogen (secondary N) is 1. The molecule has 19 heavy (non-hydrogen) atoms. The summed E-state index contributed by atoms with van der Waals surface area (Å²) in [7, 11) is 0. The van der Waals surface area contributed by atoms with Gasteiger partial charge in [0, 0.05) is 6.54 Å². The lowest BCUT2D eigenvalue weighted by atomic mass is 10.1. The lowest BCUT2D eigenvalue weighted by Crippen LogP contribution is -2.25. The third kappa shape index (κ3) is 5.56. The van der Waals surface area contributed by atoms with Crippen molar-refractivity contribution < 1.29 is 19.7 Å². The van der Waals surface area contributed by atoms with E-state index in [1.807, 2.05) is 0 Å². The molecule has 0 bridgehead atoms. The summed E-state index contributed by atoms with van der Waals surface area (Å²) in [6, 6.07) is 6.04. The van der Waals surface area contributed by atoms with E-state index in [0.717, 1.165) is 0 Å². The number of nitroso groups, excluding NO2 is 1. The lowest BCUT2D eigenvalue weighted by molar-refractivity contribution is 0.0696. The summed E-state index contributed by atoms with van der Waals surface area (Å²) in [5.74, 6) is -1.04. The highest BCUT2D eigenvalue weighted by atomic mass is 16.5. The number of aromatic carboxylic acids is 1. The molecule has 0 fully saturated rings. The van der Waals surface area contributed by atoms with Crippen molar-refractivity contribution in [1.82, 2.24) is 5.32 Å². The van der Waals surface area contributed by atoms with Crippen LogP contribution in [0.2, 0.25) is 0 Å². The molecule has 7 heteroatoms. The maximum atomic E-state index is 10.8. The molecule has 0 heterocycles. The molecule has 0 saturated carbocycles. The highest BCUT2D eigenvalue weighted by Gasteiger charge is 2.09. The van der Waals surface area contributed by atoms with Crippen LogP contribution in [0, 0.1) is 4.91 Å². The Hall–Kier alpha value is -1.83. The first-order valence-corrected chi connectivity index (χ1v) is 5.76. The normalized spacial score (nSPS) is 12.1. The zero-order valence-electron chi connectivity index (χ0n) is 10.3. The van der Waals surface area contributed by atoms with Crippen molar-refractivity contribution in [3.05, 3.63) is 40.3 Å². The fraction of sp³-hybridized carbons (Fsp3) is 0.417. The van der Waals surface area contributed by atoms with E-state index in [1.54, 1.807) is 12.1 Å². The Bertz CT molecular complexity index is 424. The second-order valence-corrected chi connectivity index (χ2v) is 3.75. The molecule has 7 nitrogen and oxygen atoms in total. The molecule has 0 aliphatic rings. The van der Waals surface area contributed by atoms with Crippen LogP contribution in [0.15, 0.2) is 29.4 Å². The largest absolute Gasteiger partial charge is 0.478 e. The number of carbonyl (C=O) groups is 1. The smallest absolute Gasteiger partial charge is 0.335 e. The van der Waals surface area contributed by atoms with Gasteiger partial charge in [0.25, 0.3) is 0 Å². The molecule has 1 aromatic carbocycles. The van der Waals surface area contributed by atoms with Gasteiger partial charge in [-0.15, -0.1) is 0 Å². The molecule has 0 radical (unpaired) electrons. The second-order valence-electron chi connectivity index (χ2n) is 3.75. The monoisotopic (exact) mass is 268 g/mol. The van der Waals surface area contributed by atoms with Crippen molar-refractivity contribution in [2.75, 3.05) is 26.3 Å². The molecule has 3 N–H and O–H groups in total. The molecular formula is C12H16N2O5. The highest BCUT2D eigenvalue weighted by Crippen LogP contribution is 2.12. The number of hydrogen-bond donors (Lipinski definition) is 3. The van der Waals surface area contributed by atoms with E-state index in [4.69, 9.17) is 9.84 Å². The van der Waals surface area contributed by atoms with Gasteiger partial charge in [-0.25, -0.2) is 4.79 Å². The summed E-state index contributed by atoms with van der Waals surface area (Å²) in [5, 5.41) is 24.0. The van der Waals surface area contributed by atoms with Gasteiger partial charge < -0.3 is 14.9 Å². The first-order chi connectivity index (χ1) is 9.15. The number of aliphatic hydroxyl groups excluding tert-OH is 1. The Labute approximate surface area is 110 Å². The molecule has 0 saturated heterocycles. The van der Waals surface area contributed by atoms with E-state index >= 15 is 0 Å². The van der Waals surface area contributed by atoms with E-state index < -0.39 is 12.2 Å². The maximum Gasteiger partial charge on any atom is 0.335 e. The zero-order valence-corrected chi connectivity index (χ0v) is 10.3. The third-order valence-electron chi connectivity index (χ3n) is 2.36. The van der Waals surface area contributed by atoms with Gasteiger partial charge in [0.05, 0.1) is 18.8 Å². The van der Waals surface area contributed by atoms with Crippen LogP contribution in [-0.4, -0.2) is 42.5 Å². The van der Waals surface area contributed by atoms with E-state index in [2.05, 4.69) is 10.5 Å². The lowest BCUT2D eigenvalue weighted by Gasteiger charge is -2.13. The Kier molecular flexibility index (Phi) is 6.65. The van der Waals surface area contributed by atoms with Crippen LogP contribution in [0.25, 0.3) is 0 Å². The van der Waals surface area contributed by atoms with Gasteiger partial charge in [0.1, 0.15) is 12.8 Å². The van der Waals surface area contributed by atoms with Crippen LogP contribution in [0.5, 0.6) is 0 Å². The van der Waals surface area contributed by atoms with Crippen LogP contribution < -0.4 is 5.32 Å². The fourth-order valence-electron chi connectivity index (χ4n) is 1.43. The minimum Gasteiger partial charge on any atom is -0.478 e. The zero-order chi connectivity index (χ0) is 14.1. The van der Waals surface area contributed by atoms with Crippen molar-refractivity contribution >= 4 is 5.97 Å². The van der Waals surface area contributed by atoms with E-state index in [0.29, 0.717) is 18.7 Å². The van der Waals surface area contributed by atoms with Crippen LogP contribution in [0.1, 0.15) is 22.1 Å². The summed E-state index contributed by atoms with van der Waals surface area (Å²) in [5.41, 5.74) is 0.584. The Morgan fingerprint density at radius 3 is 2.89 bits per heavy atom. The predicted octanol–water partition coefficient (Wildman–Crippen LogP) is 0.748. The Balaban J connectivity index is 2.36. The van der Waals surface area contributed by atoms with E-state index in [9.17, 15) is 14.8 Å². The number of rotatable bonds is 9. The molecule has 0 aliphatic heterocycles. The molecule has 0 aliphatic carbocycles. The second kappa shape index (κ2) is 8.30. The van der Waals surface area contributed by atoms with Crippen LogP contribution >= 0.6 is 0 Å². The first-order valence-electron chi connectivity index (χ1n) is 5.76. The van der Waals surface area contributed by atoms with Crippen molar-refractivity contribution in [3.63, 3.8) is 0 Å². The predicted molar refractivity (Wildman–Crippen MR) is 67.8 cm³/mol. The van der Waals surface area contributed by atoms with Gasteiger partial charge in [0.15, 0.2) is 0 Å². The number of nitrogens with zero attached hydrogens (tertiary/aromatic N) is 1. The number of carboxylic acids is 1. The topological polar surface area (TPSA) is 108 Å². The first kappa shape index (κ1) is 15.2. The van der Waals surface area contributed by atoms with Crippen LogP contribution in [0.4, 0.5) is 0 Å². The molecule has 1 unspecified atom stereocenters. The summed E-state index contributed by atoms with van der Waals surface area (Å²) in [6.45, 7) is 1.04. The molecule has 0 aromatic heterocycles. The third-order valence-corrected chi connectivity index (χ3v) is 2.36. The summed E-state index contributed by atoms with van der Waals surface area (Å²) in [6.07, 6.45) is -0.966. The molecule has 0 spiro atoms. The number of ether oxygens (including phenoxy) is 1. The average molecular weight is 268 g/mol. The summed E-state index contributed by atoms with van der Waals surface area (Å²) < 4.78 is 5.06. The van der Waals surface area contributed by atoms with Crippen molar-refractivity contribution in [2.24, 2.45) is 5.18 Å². The molecule has 1 rings (SSSR count). The number of hydrogen-bond acceptors (Lipinski definition) is 6. The highest BCUT2D eigenvalue weighted by molar-refractivity contribution is 5.87. The van der Waals surface area contributed by atoms with E-state index in [-0.39, 0.29) is 18.7 Å². The fourth-order valence-corrected chi connectivity index (χ4v) is 1.43. The van der Waals surface area contributed by atoms with Crippen LogP contribution in [0.3, 0.4) is 0 Å². The average Bonchev–Trinajstić information content (AvgIpc) is 2.42. The van der Waals surface area contributed by atoms with Crippen molar-refractivity contribution in [1.29, 1.82) is 0 Å². The van der Waals surface area contributed by atoms with Gasteiger partial charge >= 0.3 is 5.97 Å². The van der Waals surface area contributed by atoms with E-state index in [1.165, 1.54) is 12.1 Å². The molecule has 104 valence electrons. The minimum absolute atomic E-state index is 0.100. The minimum atomic E-state index is -1.04. The quantitative estimate of drug-likeness (QED) is 0.346. The van der Waals surface area contributed by atoms with Crippen molar-refractivity contribution in [3.8, 4) is 0 Å². The Morgan fingerprint density at radius 1 is 1.42 bits per heavy atom. The molecule has 1 atom stereocenters. The number of carboxylic acid groups (broad SMARTS) is 1. The maximum absolute atomic E-state index is 10.8. The van der Waals surface area contributed by atoms with Gasteiger partial charge in [-0.2, -0.15) is 4.91 Å². The summed E-state index contributed by atoms with van der Waals surface area (Å²) in [4.78, 5) is 20.6.